The largest absolute Gasteiger partial charge is 0.271 e. The molecule has 0 saturated carbocycles. The first-order valence-corrected chi connectivity index (χ1v) is 9.11. The lowest BCUT2D eigenvalue weighted by Gasteiger charge is -2.07. The van der Waals surface area contributed by atoms with Gasteiger partial charge in [0.15, 0.2) is 0 Å². The van der Waals surface area contributed by atoms with Crippen molar-refractivity contribution in [1.82, 2.24) is 19.5 Å². The van der Waals surface area contributed by atoms with Gasteiger partial charge < -0.3 is 0 Å². The van der Waals surface area contributed by atoms with Crippen LogP contribution in [-0.4, -0.2) is 29.7 Å². The number of nitrogens with zero attached hydrogens (tertiary/aromatic N) is 3. The van der Waals surface area contributed by atoms with Crippen LogP contribution in [0.2, 0.25) is 5.02 Å². The zero-order valence-corrected chi connectivity index (χ0v) is 14.2. The first-order chi connectivity index (χ1) is 11.5. The number of hydrogen-bond donors (Lipinski definition) is 1. The van der Waals surface area contributed by atoms with Crippen molar-refractivity contribution >= 4 is 21.6 Å². The molecule has 1 N–H and O–H groups in total. The highest BCUT2D eigenvalue weighted by molar-refractivity contribution is 7.89. The molecular weight excluding hydrogens is 348 g/mol. The molecule has 0 bridgehead atoms. The van der Waals surface area contributed by atoms with Crippen molar-refractivity contribution in [2.75, 3.05) is 6.54 Å². The third kappa shape index (κ3) is 4.00. The molecule has 0 unspecified atom stereocenters. The molecule has 0 spiro atoms. The smallest absolute Gasteiger partial charge is 0.240 e. The lowest BCUT2D eigenvalue weighted by molar-refractivity contribution is 0.561. The van der Waals surface area contributed by atoms with E-state index in [-0.39, 0.29) is 11.4 Å². The second-order valence-corrected chi connectivity index (χ2v) is 7.23. The monoisotopic (exact) mass is 362 g/mol. The average Bonchev–Trinajstić information content (AvgIpc) is 3.05. The van der Waals surface area contributed by atoms with Gasteiger partial charge in [-0.25, -0.2) is 13.1 Å². The summed E-state index contributed by atoms with van der Waals surface area (Å²) < 4.78 is 28.6. The Kier molecular flexibility index (Phi) is 4.94. The zero-order valence-electron chi connectivity index (χ0n) is 12.6. The van der Waals surface area contributed by atoms with E-state index in [0.717, 1.165) is 11.4 Å². The number of pyridine rings is 1. The van der Waals surface area contributed by atoms with Gasteiger partial charge in [0.05, 0.1) is 17.1 Å². The molecule has 24 heavy (non-hydrogen) atoms. The second-order valence-electron chi connectivity index (χ2n) is 5.03. The average molecular weight is 363 g/mol. The van der Waals surface area contributed by atoms with Gasteiger partial charge in [-0.3, -0.25) is 9.67 Å². The van der Waals surface area contributed by atoms with Crippen LogP contribution in [0.1, 0.15) is 0 Å². The highest BCUT2D eigenvalue weighted by Gasteiger charge is 2.13. The number of aromatic nitrogens is 3. The van der Waals surface area contributed by atoms with Crippen LogP contribution in [0.25, 0.3) is 11.4 Å². The minimum absolute atomic E-state index is 0.182. The molecule has 0 aliphatic heterocycles. The van der Waals surface area contributed by atoms with Gasteiger partial charge >= 0.3 is 0 Å². The lowest BCUT2D eigenvalue weighted by atomic mass is 10.3. The van der Waals surface area contributed by atoms with Crippen LogP contribution in [0.5, 0.6) is 0 Å². The molecule has 1 aromatic carbocycles. The summed E-state index contributed by atoms with van der Waals surface area (Å²) in [7, 11) is -3.55. The Morgan fingerprint density at radius 3 is 2.54 bits per heavy atom. The summed E-state index contributed by atoms with van der Waals surface area (Å²) in [6.45, 7) is 0.647. The zero-order chi connectivity index (χ0) is 17.0. The van der Waals surface area contributed by atoms with Crippen molar-refractivity contribution in [3.8, 4) is 11.4 Å². The van der Waals surface area contributed by atoms with E-state index in [1.807, 2.05) is 24.3 Å². The fraction of sp³-hybridized carbons (Fsp3) is 0.125. The molecule has 124 valence electrons. The van der Waals surface area contributed by atoms with Crippen LogP contribution >= 0.6 is 11.6 Å². The number of halogens is 1. The molecule has 8 heteroatoms. The van der Waals surface area contributed by atoms with Gasteiger partial charge in [0.2, 0.25) is 10.0 Å². The molecule has 0 atom stereocenters. The Morgan fingerprint density at radius 1 is 1.04 bits per heavy atom. The predicted molar refractivity (Wildman–Crippen MR) is 92.1 cm³/mol. The summed E-state index contributed by atoms with van der Waals surface area (Å²) in [5.41, 5.74) is 1.52. The second kappa shape index (κ2) is 7.12. The summed E-state index contributed by atoms with van der Waals surface area (Å²) >= 11 is 5.77. The number of hydrogen-bond acceptors (Lipinski definition) is 4. The Hall–Kier alpha value is -2.22. The first-order valence-electron chi connectivity index (χ1n) is 7.25. The quantitative estimate of drug-likeness (QED) is 0.731. The van der Waals surface area contributed by atoms with Crippen LogP contribution in [0.3, 0.4) is 0 Å². The van der Waals surface area contributed by atoms with Crippen molar-refractivity contribution in [2.45, 2.75) is 11.4 Å². The molecule has 2 heterocycles. The molecule has 0 saturated heterocycles. The van der Waals surface area contributed by atoms with E-state index in [1.165, 1.54) is 12.1 Å². The minimum atomic E-state index is -3.55. The molecule has 3 aromatic rings. The molecular formula is C16H15ClN4O2S. The number of benzene rings is 1. The van der Waals surface area contributed by atoms with Gasteiger partial charge in [0.25, 0.3) is 0 Å². The molecule has 0 fully saturated rings. The lowest BCUT2D eigenvalue weighted by Crippen LogP contribution is -2.27. The normalized spacial score (nSPS) is 11.5. The molecule has 3 rings (SSSR count). The van der Waals surface area contributed by atoms with Crippen molar-refractivity contribution in [3.05, 3.63) is 65.9 Å². The van der Waals surface area contributed by atoms with Gasteiger partial charge in [0.1, 0.15) is 5.69 Å². The predicted octanol–water partition coefficient (Wildman–Crippen LogP) is 2.58. The van der Waals surface area contributed by atoms with Crippen molar-refractivity contribution in [3.63, 3.8) is 0 Å². The third-order valence-electron chi connectivity index (χ3n) is 3.32. The van der Waals surface area contributed by atoms with Gasteiger partial charge in [0, 0.05) is 24.0 Å². The van der Waals surface area contributed by atoms with Crippen molar-refractivity contribution in [2.24, 2.45) is 0 Å². The summed E-state index contributed by atoms with van der Waals surface area (Å²) in [4.78, 5) is 4.41. The minimum Gasteiger partial charge on any atom is -0.271 e. The van der Waals surface area contributed by atoms with Crippen LogP contribution in [-0.2, 0) is 16.6 Å². The summed E-state index contributed by atoms with van der Waals surface area (Å²) in [5, 5.41) is 4.88. The summed E-state index contributed by atoms with van der Waals surface area (Å²) in [5.74, 6) is 0. The van der Waals surface area contributed by atoms with Crippen LogP contribution in [0.15, 0.2) is 65.8 Å². The third-order valence-corrected chi connectivity index (χ3v) is 5.05. The van der Waals surface area contributed by atoms with Gasteiger partial charge in [-0.1, -0.05) is 17.7 Å². The number of sulfonamides is 1. The van der Waals surface area contributed by atoms with E-state index in [1.54, 1.807) is 29.2 Å². The van der Waals surface area contributed by atoms with E-state index >= 15 is 0 Å². The van der Waals surface area contributed by atoms with Gasteiger partial charge in [-0.05, 0) is 42.5 Å². The Balaban J connectivity index is 1.60. The first kappa shape index (κ1) is 16.6. The SMILES string of the molecule is O=S(=O)(NCCn1ccc(-c2ccccn2)n1)c1ccc(Cl)cc1. The molecule has 0 aliphatic rings. The summed E-state index contributed by atoms with van der Waals surface area (Å²) in [6.07, 6.45) is 3.50. The van der Waals surface area contributed by atoms with Crippen LogP contribution in [0.4, 0.5) is 0 Å². The Bertz CT molecular complexity index is 909. The number of nitrogens with one attached hydrogen (secondary N) is 1. The number of rotatable bonds is 6. The van der Waals surface area contributed by atoms with E-state index in [2.05, 4.69) is 14.8 Å². The van der Waals surface area contributed by atoms with E-state index in [4.69, 9.17) is 11.6 Å². The molecule has 6 nitrogen and oxygen atoms in total. The van der Waals surface area contributed by atoms with Gasteiger partial charge in [-0.2, -0.15) is 5.10 Å². The summed E-state index contributed by atoms with van der Waals surface area (Å²) in [6, 6.07) is 13.5. The maximum absolute atomic E-state index is 12.2. The molecule has 2 aromatic heterocycles. The van der Waals surface area contributed by atoms with Crippen LogP contribution in [0, 0.1) is 0 Å². The maximum Gasteiger partial charge on any atom is 0.240 e. The topological polar surface area (TPSA) is 76.9 Å². The fourth-order valence-corrected chi connectivity index (χ4v) is 3.28. The van der Waals surface area contributed by atoms with Gasteiger partial charge in [-0.15, -0.1) is 0 Å². The molecule has 0 amide bonds. The highest BCUT2D eigenvalue weighted by Crippen LogP contribution is 2.14. The highest BCUT2D eigenvalue weighted by atomic mass is 35.5. The fourth-order valence-electron chi connectivity index (χ4n) is 2.13. The van der Waals surface area contributed by atoms with Crippen molar-refractivity contribution in [1.29, 1.82) is 0 Å². The van der Waals surface area contributed by atoms with Crippen LogP contribution < -0.4 is 4.72 Å². The van der Waals surface area contributed by atoms with E-state index in [0.29, 0.717) is 11.6 Å². The van der Waals surface area contributed by atoms with Crippen molar-refractivity contribution < 1.29 is 8.42 Å². The standard InChI is InChI=1S/C16H15ClN4O2S/c17-13-4-6-14(7-5-13)24(22,23)19-10-12-21-11-8-16(20-21)15-3-1-2-9-18-15/h1-9,11,19H,10,12H2. The van der Waals surface area contributed by atoms with E-state index < -0.39 is 10.0 Å². The Labute approximate surface area is 145 Å². The maximum atomic E-state index is 12.2. The molecule has 0 aliphatic carbocycles. The molecule has 0 radical (unpaired) electrons. The van der Waals surface area contributed by atoms with E-state index in [9.17, 15) is 8.42 Å². The Morgan fingerprint density at radius 2 is 1.83 bits per heavy atom.